The molecule has 1 heterocycles. The number of rotatable bonds is 3. The summed E-state index contributed by atoms with van der Waals surface area (Å²) in [5.41, 5.74) is 1.26. The van der Waals surface area contributed by atoms with Gasteiger partial charge in [-0.05, 0) is 30.5 Å². The van der Waals surface area contributed by atoms with Crippen molar-refractivity contribution in [2.45, 2.75) is 35.1 Å². The first-order valence-corrected chi connectivity index (χ1v) is 9.41. The maximum absolute atomic E-state index is 12.9. The van der Waals surface area contributed by atoms with Gasteiger partial charge in [-0.1, -0.05) is 62.0 Å². The van der Waals surface area contributed by atoms with Gasteiger partial charge >= 0.3 is 6.18 Å². The molecule has 1 atom stereocenters. The zero-order valence-electron chi connectivity index (χ0n) is 12.3. The first kappa shape index (κ1) is 18.5. The van der Waals surface area contributed by atoms with E-state index in [2.05, 4.69) is 37.0 Å². The van der Waals surface area contributed by atoms with Crippen molar-refractivity contribution < 1.29 is 13.2 Å². The van der Waals surface area contributed by atoms with Crippen LogP contribution in [0.4, 0.5) is 13.2 Å². The number of hydrogen-bond donors (Lipinski definition) is 0. The van der Waals surface area contributed by atoms with E-state index in [1.54, 1.807) is 6.20 Å². The van der Waals surface area contributed by atoms with Gasteiger partial charge in [0.25, 0.3) is 0 Å². The molecular formula is C15H11Br2Cl2F3N2. The fourth-order valence-electron chi connectivity index (χ4n) is 2.60. The van der Waals surface area contributed by atoms with Crippen LogP contribution in [-0.2, 0) is 12.6 Å². The second-order valence-electron chi connectivity index (χ2n) is 5.63. The van der Waals surface area contributed by atoms with Crippen LogP contribution in [0.1, 0.15) is 36.1 Å². The molecule has 1 fully saturated rings. The topological polar surface area (TPSA) is 17.8 Å². The molecular weight excluding hydrogens is 496 g/mol. The van der Waals surface area contributed by atoms with Crippen LogP contribution in [-0.4, -0.2) is 13.0 Å². The van der Waals surface area contributed by atoms with Gasteiger partial charge in [0.2, 0.25) is 0 Å². The molecule has 1 aliphatic carbocycles. The van der Waals surface area contributed by atoms with Crippen molar-refractivity contribution >= 4 is 55.1 Å². The van der Waals surface area contributed by atoms with Crippen molar-refractivity contribution in [2.75, 3.05) is 0 Å². The van der Waals surface area contributed by atoms with Crippen molar-refractivity contribution in [3.05, 3.63) is 45.2 Å². The third-order valence-electron chi connectivity index (χ3n) is 3.93. The van der Waals surface area contributed by atoms with E-state index in [4.69, 9.17) is 23.2 Å². The molecule has 0 saturated heterocycles. The summed E-state index contributed by atoms with van der Waals surface area (Å²) < 4.78 is 39.9. The van der Waals surface area contributed by atoms with Crippen LogP contribution in [0.25, 0.3) is 5.69 Å². The quantitative estimate of drug-likeness (QED) is 0.422. The molecule has 0 radical (unpaired) electrons. The number of benzene rings is 1. The van der Waals surface area contributed by atoms with Crippen molar-refractivity contribution in [3.8, 4) is 5.69 Å². The molecule has 130 valence electrons. The molecule has 1 aliphatic rings. The average molecular weight is 507 g/mol. The second kappa shape index (κ2) is 6.18. The average Bonchev–Trinajstić information content (AvgIpc) is 2.91. The SMILES string of the molecule is CCc1nn(-c2c(Cl)cc(C(F)(F)F)cc2Cl)cc1C1CC1(Br)Br. The normalized spacial score (nSPS) is 19.6. The molecule has 1 aromatic carbocycles. The molecule has 0 amide bonds. The van der Waals surface area contributed by atoms with E-state index >= 15 is 0 Å². The van der Waals surface area contributed by atoms with Crippen LogP contribution in [0.15, 0.2) is 18.3 Å². The Hall–Kier alpha value is -0.240. The Morgan fingerprint density at radius 1 is 1.29 bits per heavy atom. The van der Waals surface area contributed by atoms with E-state index in [1.807, 2.05) is 6.92 Å². The van der Waals surface area contributed by atoms with Crippen LogP contribution < -0.4 is 0 Å². The van der Waals surface area contributed by atoms with E-state index in [9.17, 15) is 13.2 Å². The summed E-state index contributed by atoms with van der Waals surface area (Å²) in [5, 5.41) is 4.28. The van der Waals surface area contributed by atoms with Crippen LogP contribution in [0.2, 0.25) is 10.0 Å². The van der Waals surface area contributed by atoms with Gasteiger partial charge in [-0.3, -0.25) is 0 Å². The minimum absolute atomic E-state index is 0.0914. The number of halogens is 7. The molecule has 1 saturated carbocycles. The molecule has 0 aliphatic heterocycles. The lowest BCUT2D eigenvalue weighted by molar-refractivity contribution is -0.137. The van der Waals surface area contributed by atoms with Crippen LogP contribution >= 0.6 is 55.1 Å². The molecule has 1 aromatic heterocycles. The fourth-order valence-corrected chi connectivity index (χ4v) is 4.40. The standard InChI is InChI=1S/C15H11Br2Cl2F3N2/c1-2-12-8(9-5-14(9,16)17)6-24(23-12)13-10(18)3-7(4-11(13)19)15(20,21)22/h3-4,6,9H,2,5H2,1H3. The minimum atomic E-state index is -4.50. The Bertz CT molecular complexity index is 779. The number of aromatic nitrogens is 2. The van der Waals surface area contributed by atoms with Gasteiger partial charge in [0.05, 0.1) is 24.5 Å². The highest BCUT2D eigenvalue weighted by atomic mass is 79.9. The predicted octanol–water partition coefficient (Wildman–Crippen LogP) is 6.73. The molecule has 0 bridgehead atoms. The summed E-state index contributed by atoms with van der Waals surface area (Å²) in [6, 6.07) is 1.73. The molecule has 0 spiro atoms. The first-order valence-electron chi connectivity index (χ1n) is 7.07. The molecule has 0 N–H and O–H groups in total. The van der Waals surface area contributed by atoms with Crippen LogP contribution in [0, 0.1) is 0 Å². The Labute approximate surface area is 163 Å². The smallest absolute Gasteiger partial charge is 0.237 e. The van der Waals surface area contributed by atoms with Gasteiger partial charge in [0.1, 0.15) is 5.69 Å². The van der Waals surface area contributed by atoms with Gasteiger partial charge in [-0.2, -0.15) is 18.3 Å². The summed E-state index contributed by atoms with van der Waals surface area (Å²) >= 11 is 19.3. The molecule has 2 nitrogen and oxygen atoms in total. The Kier molecular flexibility index (Phi) is 4.78. The number of nitrogens with zero attached hydrogens (tertiary/aromatic N) is 2. The summed E-state index contributed by atoms with van der Waals surface area (Å²) in [7, 11) is 0. The van der Waals surface area contributed by atoms with E-state index in [-0.39, 0.29) is 24.9 Å². The van der Waals surface area contributed by atoms with Gasteiger partial charge in [0.15, 0.2) is 0 Å². The third kappa shape index (κ3) is 3.37. The lowest BCUT2D eigenvalue weighted by atomic mass is 10.1. The van der Waals surface area contributed by atoms with E-state index in [1.165, 1.54) is 4.68 Å². The Morgan fingerprint density at radius 2 is 1.83 bits per heavy atom. The van der Waals surface area contributed by atoms with Gasteiger partial charge < -0.3 is 0 Å². The molecule has 9 heteroatoms. The summed E-state index contributed by atoms with van der Waals surface area (Å²) in [5.74, 6) is 0.244. The highest BCUT2D eigenvalue weighted by molar-refractivity contribution is 9.25. The third-order valence-corrected chi connectivity index (χ3v) is 6.26. The highest BCUT2D eigenvalue weighted by Gasteiger charge is 2.52. The monoisotopic (exact) mass is 504 g/mol. The molecule has 1 unspecified atom stereocenters. The van der Waals surface area contributed by atoms with E-state index < -0.39 is 11.7 Å². The van der Waals surface area contributed by atoms with Crippen molar-refractivity contribution in [1.29, 1.82) is 0 Å². The highest BCUT2D eigenvalue weighted by Crippen LogP contribution is 2.62. The van der Waals surface area contributed by atoms with E-state index in [0.29, 0.717) is 6.42 Å². The molecule has 24 heavy (non-hydrogen) atoms. The van der Waals surface area contributed by atoms with E-state index in [0.717, 1.165) is 29.8 Å². The summed E-state index contributed by atoms with van der Waals surface area (Å²) in [6.07, 6.45) is -1.12. The lowest BCUT2D eigenvalue weighted by Crippen LogP contribution is -2.07. The predicted molar refractivity (Wildman–Crippen MR) is 95.9 cm³/mol. The largest absolute Gasteiger partial charge is 0.416 e. The van der Waals surface area contributed by atoms with Gasteiger partial charge in [0, 0.05) is 12.1 Å². The van der Waals surface area contributed by atoms with Crippen molar-refractivity contribution in [3.63, 3.8) is 0 Å². The zero-order chi connectivity index (χ0) is 17.9. The second-order valence-corrected chi connectivity index (χ2v) is 10.3. The Balaban J connectivity index is 2.07. The van der Waals surface area contributed by atoms with Crippen LogP contribution in [0.3, 0.4) is 0 Å². The van der Waals surface area contributed by atoms with Crippen molar-refractivity contribution in [1.82, 2.24) is 9.78 Å². The number of hydrogen-bond acceptors (Lipinski definition) is 1. The zero-order valence-corrected chi connectivity index (χ0v) is 16.9. The van der Waals surface area contributed by atoms with Gasteiger partial charge in [-0.15, -0.1) is 0 Å². The lowest BCUT2D eigenvalue weighted by Gasteiger charge is -2.12. The Morgan fingerprint density at radius 3 is 2.25 bits per heavy atom. The molecule has 3 rings (SSSR count). The molecule has 2 aromatic rings. The van der Waals surface area contributed by atoms with Crippen molar-refractivity contribution in [2.24, 2.45) is 0 Å². The summed E-state index contributed by atoms with van der Waals surface area (Å²) in [4.78, 5) is 0. The fraction of sp³-hybridized carbons (Fsp3) is 0.400. The van der Waals surface area contributed by atoms with Crippen LogP contribution in [0.5, 0.6) is 0 Å². The maximum atomic E-state index is 12.9. The maximum Gasteiger partial charge on any atom is 0.416 e. The first-order chi connectivity index (χ1) is 11.0. The number of aryl methyl sites for hydroxylation is 1. The number of alkyl halides is 5. The minimum Gasteiger partial charge on any atom is -0.237 e. The van der Waals surface area contributed by atoms with Gasteiger partial charge in [-0.25, -0.2) is 4.68 Å². The summed E-state index contributed by atoms with van der Waals surface area (Å²) in [6.45, 7) is 1.97.